The standard InChI is InChI=1S/C19H16ClNO4S2/c1-14-5-9-16(10-6-14)21-27(24,25)19-4-2-3-18(13-19)26(22,23)17-11-7-15(20)8-12-17/h2-13,21H,1H3. The molecule has 0 unspecified atom stereocenters. The second kappa shape index (κ2) is 7.34. The van der Waals surface area contributed by atoms with Crippen LogP contribution in [-0.4, -0.2) is 16.8 Å². The minimum absolute atomic E-state index is 0.0351. The lowest BCUT2D eigenvalue weighted by Gasteiger charge is -2.10. The lowest BCUT2D eigenvalue weighted by Crippen LogP contribution is -2.13. The van der Waals surface area contributed by atoms with Gasteiger partial charge in [-0.15, -0.1) is 0 Å². The number of anilines is 1. The van der Waals surface area contributed by atoms with Crippen LogP contribution < -0.4 is 4.72 Å². The Morgan fingerprint density at radius 2 is 1.33 bits per heavy atom. The molecule has 0 fully saturated rings. The van der Waals surface area contributed by atoms with Crippen molar-refractivity contribution < 1.29 is 16.8 Å². The Morgan fingerprint density at radius 3 is 1.96 bits per heavy atom. The second-order valence-corrected chi connectivity index (χ2v) is 9.97. The quantitative estimate of drug-likeness (QED) is 0.666. The predicted octanol–water partition coefficient (Wildman–Crippen LogP) is 4.28. The van der Waals surface area contributed by atoms with Crippen LogP contribution in [0.25, 0.3) is 0 Å². The number of sulfonamides is 1. The summed E-state index contributed by atoms with van der Waals surface area (Å²) in [6.45, 7) is 1.89. The zero-order valence-electron chi connectivity index (χ0n) is 14.3. The van der Waals surface area contributed by atoms with Crippen LogP contribution in [0.5, 0.6) is 0 Å². The molecule has 0 aliphatic carbocycles. The van der Waals surface area contributed by atoms with Crippen molar-refractivity contribution in [3.63, 3.8) is 0 Å². The molecule has 3 aromatic carbocycles. The van der Waals surface area contributed by atoms with E-state index >= 15 is 0 Å². The van der Waals surface area contributed by atoms with Gasteiger partial charge in [-0.05, 0) is 61.5 Å². The Bertz CT molecular complexity index is 1170. The van der Waals surface area contributed by atoms with Gasteiger partial charge in [-0.3, -0.25) is 4.72 Å². The van der Waals surface area contributed by atoms with Crippen molar-refractivity contribution in [2.24, 2.45) is 0 Å². The highest BCUT2D eigenvalue weighted by molar-refractivity contribution is 7.93. The molecule has 0 heterocycles. The van der Waals surface area contributed by atoms with Gasteiger partial charge in [-0.1, -0.05) is 35.4 Å². The molecule has 0 aromatic heterocycles. The SMILES string of the molecule is Cc1ccc(NS(=O)(=O)c2cccc(S(=O)(=O)c3ccc(Cl)cc3)c2)cc1. The number of sulfone groups is 1. The average Bonchev–Trinajstić information content (AvgIpc) is 2.64. The van der Waals surface area contributed by atoms with Gasteiger partial charge in [0.15, 0.2) is 0 Å². The molecule has 27 heavy (non-hydrogen) atoms. The maximum Gasteiger partial charge on any atom is 0.261 e. The van der Waals surface area contributed by atoms with Crippen LogP contribution >= 0.6 is 11.6 Å². The number of nitrogens with one attached hydrogen (secondary N) is 1. The second-order valence-electron chi connectivity index (χ2n) is 5.90. The van der Waals surface area contributed by atoms with Crippen molar-refractivity contribution in [3.8, 4) is 0 Å². The van der Waals surface area contributed by atoms with Gasteiger partial charge in [0.1, 0.15) is 0 Å². The van der Waals surface area contributed by atoms with Gasteiger partial charge in [0.2, 0.25) is 9.84 Å². The summed E-state index contributed by atoms with van der Waals surface area (Å²) in [4.78, 5) is -0.220. The number of hydrogen-bond donors (Lipinski definition) is 1. The normalized spacial score (nSPS) is 11.9. The molecule has 0 aliphatic heterocycles. The van der Waals surface area contributed by atoms with Gasteiger partial charge in [-0.2, -0.15) is 0 Å². The molecule has 1 N–H and O–H groups in total. The molecule has 8 heteroatoms. The first-order chi connectivity index (χ1) is 12.7. The lowest BCUT2D eigenvalue weighted by atomic mass is 10.2. The van der Waals surface area contributed by atoms with Crippen LogP contribution in [0.2, 0.25) is 5.02 Å². The summed E-state index contributed by atoms with van der Waals surface area (Å²) < 4.78 is 53.2. The van der Waals surface area contributed by atoms with Crippen molar-refractivity contribution >= 4 is 37.1 Å². The largest absolute Gasteiger partial charge is 0.280 e. The van der Waals surface area contributed by atoms with Crippen molar-refractivity contribution in [2.45, 2.75) is 21.6 Å². The van der Waals surface area contributed by atoms with Gasteiger partial charge in [-0.25, -0.2) is 16.8 Å². The van der Waals surface area contributed by atoms with Crippen molar-refractivity contribution in [1.29, 1.82) is 0 Å². The lowest BCUT2D eigenvalue weighted by molar-refractivity contribution is 0.595. The van der Waals surface area contributed by atoms with Gasteiger partial charge >= 0.3 is 0 Å². The third-order valence-electron chi connectivity index (χ3n) is 3.85. The topological polar surface area (TPSA) is 80.3 Å². The minimum Gasteiger partial charge on any atom is -0.280 e. The Kier molecular flexibility index (Phi) is 5.28. The minimum atomic E-state index is -3.93. The summed E-state index contributed by atoms with van der Waals surface area (Å²) in [5.41, 5.74) is 1.39. The number of aryl methyl sites for hydroxylation is 1. The highest BCUT2D eigenvalue weighted by Crippen LogP contribution is 2.25. The Morgan fingerprint density at radius 1 is 0.741 bits per heavy atom. The summed E-state index contributed by atoms with van der Waals surface area (Å²) in [6.07, 6.45) is 0. The van der Waals surface area contributed by atoms with Crippen molar-refractivity contribution in [2.75, 3.05) is 4.72 Å². The first-order valence-corrected chi connectivity index (χ1v) is 11.2. The Labute approximate surface area is 163 Å². The third kappa shape index (κ3) is 4.32. The van der Waals surface area contributed by atoms with E-state index in [-0.39, 0.29) is 14.7 Å². The molecule has 0 saturated carbocycles. The molecule has 3 rings (SSSR count). The smallest absolute Gasteiger partial charge is 0.261 e. The van der Waals surface area contributed by atoms with Gasteiger partial charge in [0.25, 0.3) is 10.0 Å². The van der Waals surface area contributed by atoms with E-state index in [4.69, 9.17) is 11.6 Å². The van der Waals surface area contributed by atoms with E-state index in [2.05, 4.69) is 4.72 Å². The molecule has 0 spiro atoms. The van der Waals surface area contributed by atoms with Gasteiger partial charge in [0, 0.05) is 10.7 Å². The van der Waals surface area contributed by atoms with E-state index in [9.17, 15) is 16.8 Å². The number of benzene rings is 3. The van der Waals surface area contributed by atoms with Crippen LogP contribution in [-0.2, 0) is 19.9 Å². The number of halogens is 1. The third-order valence-corrected chi connectivity index (χ3v) is 7.25. The summed E-state index contributed by atoms with van der Waals surface area (Å²) in [6, 6.07) is 17.8. The summed E-state index contributed by atoms with van der Waals surface area (Å²) >= 11 is 5.80. The van der Waals surface area contributed by atoms with Gasteiger partial charge in [0.05, 0.1) is 14.7 Å². The molecule has 140 valence electrons. The zero-order chi connectivity index (χ0) is 19.7. The highest BCUT2D eigenvalue weighted by atomic mass is 35.5. The van der Waals surface area contributed by atoms with Crippen molar-refractivity contribution in [3.05, 3.63) is 83.4 Å². The molecule has 5 nitrogen and oxygen atoms in total. The number of hydrogen-bond acceptors (Lipinski definition) is 4. The molecule has 0 atom stereocenters. The fraction of sp³-hybridized carbons (Fsp3) is 0.0526. The van der Waals surface area contributed by atoms with Crippen LogP contribution in [0.4, 0.5) is 5.69 Å². The summed E-state index contributed by atoms with van der Waals surface area (Å²) in [7, 11) is -7.80. The molecular formula is C19H16ClNO4S2. The maximum absolute atomic E-state index is 12.8. The van der Waals surface area contributed by atoms with Crippen LogP contribution in [0.1, 0.15) is 5.56 Å². The fourth-order valence-electron chi connectivity index (χ4n) is 2.39. The maximum atomic E-state index is 12.8. The molecule has 0 amide bonds. The van der Waals surface area contributed by atoms with E-state index in [1.165, 1.54) is 42.5 Å². The van der Waals surface area contributed by atoms with E-state index in [0.29, 0.717) is 10.7 Å². The van der Waals surface area contributed by atoms with Crippen molar-refractivity contribution in [1.82, 2.24) is 0 Å². The monoisotopic (exact) mass is 421 g/mol. The molecule has 0 bridgehead atoms. The fourth-order valence-corrected chi connectivity index (χ4v) is 5.01. The van der Waals surface area contributed by atoms with Crippen LogP contribution in [0.15, 0.2) is 87.5 Å². The summed E-state index contributed by atoms with van der Waals surface area (Å²) in [5.74, 6) is 0. The zero-order valence-corrected chi connectivity index (χ0v) is 16.6. The molecule has 0 aliphatic rings. The first-order valence-electron chi connectivity index (χ1n) is 7.89. The summed E-state index contributed by atoms with van der Waals surface area (Å²) in [5, 5.41) is 0.410. The van der Waals surface area contributed by atoms with E-state index in [1.54, 1.807) is 24.3 Å². The Balaban J connectivity index is 1.97. The number of rotatable bonds is 5. The van der Waals surface area contributed by atoms with E-state index in [0.717, 1.165) is 11.6 Å². The van der Waals surface area contributed by atoms with E-state index in [1.807, 2.05) is 6.92 Å². The Hall–Kier alpha value is -2.35. The average molecular weight is 422 g/mol. The van der Waals surface area contributed by atoms with Gasteiger partial charge < -0.3 is 0 Å². The highest BCUT2D eigenvalue weighted by Gasteiger charge is 2.21. The predicted molar refractivity (Wildman–Crippen MR) is 105 cm³/mol. The molecule has 0 radical (unpaired) electrons. The van der Waals surface area contributed by atoms with Crippen LogP contribution in [0, 0.1) is 6.92 Å². The molecule has 0 saturated heterocycles. The molecular weight excluding hydrogens is 406 g/mol. The first kappa shape index (κ1) is 19.4. The molecule has 3 aromatic rings. The van der Waals surface area contributed by atoms with Crippen LogP contribution in [0.3, 0.4) is 0 Å². The van der Waals surface area contributed by atoms with E-state index < -0.39 is 19.9 Å².